The molecule has 0 aliphatic carbocycles. The number of hydrogen-bond acceptors (Lipinski definition) is 4. The molecule has 28 heavy (non-hydrogen) atoms. The average molecular weight is 411 g/mol. The van der Waals surface area contributed by atoms with Crippen molar-refractivity contribution >= 4 is 46.3 Å². The van der Waals surface area contributed by atoms with Gasteiger partial charge in [0.05, 0.1) is 22.4 Å². The highest BCUT2D eigenvalue weighted by Crippen LogP contribution is 2.29. The lowest BCUT2D eigenvalue weighted by Gasteiger charge is -2.09. The molecule has 0 radical (unpaired) electrons. The van der Waals surface area contributed by atoms with E-state index in [1.165, 1.54) is 18.3 Å². The summed E-state index contributed by atoms with van der Waals surface area (Å²) in [4.78, 5) is 9.08. The number of aromatic nitrogens is 2. The van der Waals surface area contributed by atoms with Crippen molar-refractivity contribution in [2.24, 2.45) is 5.10 Å². The number of anilines is 1. The molecule has 4 aromatic rings. The zero-order valence-corrected chi connectivity index (χ0v) is 15.9. The molecule has 0 aliphatic heterocycles. The maximum atomic E-state index is 13.2. The molecule has 0 fully saturated rings. The van der Waals surface area contributed by atoms with Gasteiger partial charge >= 0.3 is 0 Å². The second-order valence-corrected chi connectivity index (χ2v) is 6.81. The molecule has 0 bridgehead atoms. The molecular formula is C21H13Cl2FN4. The van der Waals surface area contributed by atoms with Crippen LogP contribution in [0.1, 0.15) is 5.56 Å². The first-order valence-electron chi connectivity index (χ1n) is 8.37. The number of hydrogen-bond donors (Lipinski definition) is 1. The van der Waals surface area contributed by atoms with Gasteiger partial charge in [-0.3, -0.25) is 0 Å². The third-order valence-corrected chi connectivity index (χ3v) is 4.55. The van der Waals surface area contributed by atoms with E-state index < -0.39 is 5.82 Å². The van der Waals surface area contributed by atoms with E-state index in [1.54, 1.807) is 12.1 Å². The number of benzene rings is 3. The maximum absolute atomic E-state index is 13.2. The molecule has 0 amide bonds. The van der Waals surface area contributed by atoms with Crippen molar-refractivity contribution in [2.45, 2.75) is 0 Å². The molecule has 0 atom stereocenters. The van der Waals surface area contributed by atoms with E-state index in [2.05, 4.69) is 20.5 Å². The van der Waals surface area contributed by atoms with Gasteiger partial charge in [0.1, 0.15) is 5.82 Å². The summed E-state index contributed by atoms with van der Waals surface area (Å²) in [5, 5.41) is 5.63. The van der Waals surface area contributed by atoms with Gasteiger partial charge in [0, 0.05) is 16.0 Å². The summed E-state index contributed by atoms with van der Waals surface area (Å²) < 4.78 is 13.2. The first-order valence-corrected chi connectivity index (χ1v) is 9.12. The van der Waals surface area contributed by atoms with Crippen LogP contribution in [0.25, 0.3) is 22.2 Å². The van der Waals surface area contributed by atoms with Crippen molar-refractivity contribution in [1.82, 2.24) is 9.97 Å². The lowest BCUT2D eigenvalue weighted by atomic mass is 10.1. The van der Waals surface area contributed by atoms with Gasteiger partial charge < -0.3 is 0 Å². The van der Waals surface area contributed by atoms with Crippen LogP contribution in [0.2, 0.25) is 10.0 Å². The van der Waals surface area contributed by atoms with Crippen LogP contribution in [0.5, 0.6) is 0 Å². The number of hydrazone groups is 1. The maximum Gasteiger partial charge on any atom is 0.244 e. The Balaban J connectivity index is 1.70. The Morgan fingerprint density at radius 2 is 1.75 bits per heavy atom. The Morgan fingerprint density at radius 3 is 2.54 bits per heavy atom. The van der Waals surface area contributed by atoms with Crippen LogP contribution in [0.4, 0.5) is 10.3 Å². The van der Waals surface area contributed by atoms with Gasteiger partial charge in [0.15, 0.2) is 0 Å². The fourth-order valence-corrected chi connectivity index (χ4v) is 3.09. The van der Waals surface area contributed by atoms with Crippen LogP contribution >= 0.6 is 23.2 Å². The van der Waals surface area contributed by atoms with Gasteiger partial charge in [-0.25, -0.2) is 19.8 Å². The van der Waals surface area contributed by atoms with Crippen LogP contribution in [0.3, 0.4) is 0 Å². The molecule has 1 N–H and O–H groups in total. The van der Waals surface area contributed by atoms with Gasteiger partial charge in [-0.05, 0) is 35.9 Å². The molecule has 1 aromatic heterocycles. The summed E-state index contributed by atoms with van der Waals surface area (Å²) in [5.74, 6) is -0.145. The van der Waals surface area contributed by atoms with Crippen LogP contribution in [0, 0.1) is 5.82 Å². The highest BCUT2D eigenvalue weighted by atomic mass is 35.5. The zero-order valence-electron chi connectivity index (χ0n) is 14.4. The Bertz CT molecular complexity index is 1180. The standard InChI is InChI=1S/C21H13Cl2FN4/c22-15-7-9-19-16(11-15)20(14-4-2-1-3-5-14)27-21(26-19)28-25-12-13-6-8-18(24)17(23)10-13/h1-12H,(H,26,27,28)/b25-12+. The second kappa shape index (κ2) is 7.92. The van der Waals surface area contributed by atoms with Gasteiger partial charge in [-0.1, -0.05) is 59.6 Å². The summed E-state index contributed by atoms with van der Waals surface area (Å²) in [5.41, 5.74) is 5.89. The first kappa shape index (κ1) is 18.3. The number of rotatable bonds is 4. The molecular weight excluding hydrogens is 398 g/mol. The van der Waals surface area contributed by atoms with Crippen LogP contribution < -0.4 is 5.43 Å². The normalized spacial score (nSPS) is 11.2. The van der Waals surface area contributed by atoms with Crippen LogP contribution in [-0.4, -0.2) is 16.2 Å². The largest absolute Gasteiger partial charge is 0.245 e. The third kappa shape index (κ3) is 3.96. The summed E-state index contributed by atoms with van der Waals surface area (Å²) in [6.07, 6.45) is 1.52. The molecule has 4 nitrogen and oxygen atoms in total. The third-order valence-electron chi connectivity index (χ3n) is 4.03. The molecule has 138 valence electrons. The number of nitrogens with one attached hydrogen (secondary N) is 1. The minimum atomic E-state index is -0.476. The number of halogens is 3. The summed E-state index contributed by atoms with van der Waals surface area (Å²) in [7, 11) is 0. The molecule has 0 aliphatic rings. The molecule has 0 saturated heterocycles. The number of fused-ring (bicyclic) bond motifs is 1. The molecule has 1 heterocycles. The van der Waals surface area contributed by atoms with Crippen molar-refractivity contribution in [2.75, 3.05) is 5.43 Å². The van der Waals surface area contributed by atoms with Crippen LogP contribution in [0.15, 0.2) is 71.8 Å². The Kier molecular flexibility index (Phi) is 5.19. The minimum Gasteiger partial charge on any atom is -0.245 e. The van der Waals surface area contributed by atoms with E-state index in [4.69, 9.17) is 23.2 Å². The van der Waals surface area contributed by atoms with E-state index in [0.717, 1.165) is 22.2 Å². The van der Waals surface area contributed by atoms with E-state index >= 15 is 0 Å². The predicted molar refractivity (Wildman–Crippen MR) is 113 cm³/mol. The minimum absolute atomic E-state index is 0.0362. The van der Waals surface area contributed by atoms with E-state index in [1.807, 2.05) is 42.5 Å². The second-order valence-electron chi connectivity index (χ2n) is 5.97. The molecule has 3 aromatic carbocycles. The Labute approximate surface area is 170 Å². The fourth-order valence-electron chi connectivity index (χ4n) is 2.72. The SMILES string of the molecule is Fc1ccc(/C=N/Nc2nc(-c3ccccc3)c3cc(Cl)ccc3n2)cc1Cl. The van der Waals surface area contributed by atoms with Crippen molar-refractivity contribution in [3.8, 4) is 11.3 Å². The molecule has 7 heteroatoms. The van der Waals surface area contributed by atoms with Gasteiger partial charge in [0.25, 0.3) is 0 Å². The summed E-state index contributed by atoms with van der Waals surface area (Å²) in [6.45, 7) is 0. The molecule has 0 saturated carbocycles. The lowest BCUT2D eigenvalue weighted by Crippen LogP contribution is -2.00. The monoisotopic (exact) mass is 410 g/mol. The fraction of sp³-hybridized carbons (Fsp3) is 0. The van der Waals surface area contributed by atoms with Crippen molar-refractivity contribution in [3.63, 3.8) is 0 Å². The van der Waals surface area contributed by atoms with E-state index in [-0.39, 0.29) is 5.02 Å². The highest BCUT2D eigenvalue weighted by molar-refractivity contribution is 6.31. The highest BCUT2D eigenvalue weighted by Gasteiger charge is 2.10. The number of nitrogens with zero attached hydrogens (tertiary/aromatic N) is 3. The van der Waals surface area contributed by atoms with E-state index in [0.29, 0.717) is 16.5 Å². The lowest BCUT2D eigenvalue weighted by molar-refractivity contribution is 0.628. The van der Waals surface area contributed by atoms with Gasteiger partial charge in [-0.2, -0.15) is 5.10 Å². The van der Waals surface area contributed by atoms with Gasteiger partial charge in [-0.15, -0.1) is 0 Å². The van der Waals surface area contributed by atoms with Crippen molar-refractivity contribution in [1.29, 1.82) is 0 Å². The van der Waals surface area contributed by atoms with Crippen LogP contribution in [-0.2, 0) is 0 Å². The topological polar surface area (TPSA) is 50.2 Å². The summed E-state index contributed by atoms with van der Waals surface area (Å²) >= 11 is 11.9. The Hall–Kier alpha value is -3.02. The smallest absolute Gasteiger partial charge is 0.244 e. The molecule has 4 rings (SSSR count). The average Bonchev–Trinajstić information content (AvgIpc) is 2.71. The van der Waals surface area contributed by atoms with Crippen molar-refractivity contribution < 1.29 is 4.39 Å². The quantitative estimate of drug-likeness (QED) is 0.322. The Morgan fingerprint density at radius 1 is 0.929 bits per heavy atom. The first-order chi connectivity index (χ1) is 13.6. The molecule has 0 unspecified atom stereocenters. The van der Waals surface area contributed by atoms with E-state index in [9.17, 15) is 4.39 Å². The summed E-state index contributed by atoms with van der Waals surface area (Å²) in [6, 6.07) is 19.6. The molecule has 0 spiro atoms. The predicted octanol–water partition coefficient (Wildman–Crippen LogP) is 6.19. The zero-order chi connectivity index (χ0) is 19.5. The van der Waals surface area contributed by atoms with Crippen molar-refractivity contribution in [3.05, 3.63) is 88.2 Å². The van der Waals surface area contributed by atoms with Gasteiger partial charge in [0.2, 0.25) is 5.95 Å².